The van der Waals surface area contributed by atoms with Crippen LogP contribution in [0.3, 0.4) is 0 Å². The van der Waals surface area contributed by atoms with Crippen LogP contribution in [0.5, 0.6) is 5.75 Å². The number of benzene rings is 1. The molecule has 1 aromatic carbocycles. The van der Waals surface area contributed by atoms with Gasteiger partial charge in [0.2, 0.25) is 20.9 Å². The van der Waals surface area contributed by atoms with Crippen molar-refractivity contribution in [1.29, 1.82) is 0 Å². The molecule has 0 fully saturated rings. The largest absolute Gasteiger partial charge is 0.496 e. The Kier molecular flexibility index (Phi) is 9.14. The van der Waals surface area contributed by atoms with Gasteiger partial charge in [-0.05, 0) is 37.1 Å². The lowest BCUT2D eigenvalue weighted by atomic mass is 10.1. The number of halogens is 3. The first-order valence-electron chi connectivity index (χ1n) is 11.3. The molecule has 40 heavy (non-hydrogen) atoms. The molecular formula is C24H23F3N4O7S2. The van der Waals surface area contributed by atoms with Crippen molar-refractivity contribution in [2.75, 3.05) is 25.3 Å². The Balaban J connectivity index is 1.82. The van der Waals surface area contributed by atoms with E-state index >= 15 is 0 Å². The fourth-order valence-electron chi connectivity index (χ4n) is 3.59. The number of methoxy groups -OCH3 is 2. The van der Waals surface area contributed by atoms with E-state index in [9.17, 15) is 36.0 Å². The number of carbonyl (C=O) groups excluding carboxylic acids is 3. The SMILES string of the molecule is COC(=O)c1sc(NC(=O)CCCS(=O)(=O)c2nc(-c3ccccc3OC)cc(C(F)(F)F)n2)c(C(N)=O)c1C. The highest BCUT2D eigenvalue weighted by molar-refractivity contribution is 7.91. The van der Waals surface area contributed by atoms with Crippen molar-refractivity contribution in [1.82, 2.24) is 9.97 Å². The Morgan fingerprint density at radius 3 is 2.40 bits per heavy atom. The molecule has 0 radical (unpaired) electrons. The van der Waals surface area contributed by atoms with Gasteiger partial charge in [0.25, 0.3) is 5.91 Å². The average molecular weight is 601 g/mol. The minimum Gasteiger partial charge on any atom is -0.496 e. The summed E-state index contributed by atoms with van der Waals surface area (Å²) in [5.74, 6) is -2.97. The maximum Gasteiger partial charge on any atom is 0.433 e. The molecule has 214 valence electrons. The number of nitrogens with zero attached hydrogens (tertiary/aromatic N) is 2. The van der Waals surface area contributed by atoms with E-state index in [0.717, 1.165) is 18.4 Å². The monoisotopic (exact) mass is 600 g/mol. The van der Waals surface area contributed by atoms with Crippen molar-refractivity contribution in [3.05, 3.63) is 52.0 Å². The standard InChI is InChI=1S/C24H23F3N4O7S2/c1-12-18(20(28)33)21(39-19(12)22(34)38-3)31-17(32)9-6-10-40(35,36)23-29-14(11-16(30-23)24(25,26)27)13-7-4-5-8-15(13)37-2/h4-5,7-8,11H,6,9-10H2,1-3H3,(H2,28,33)(H,31,32). The Morgan fingerprint density at radius 1 is 1.12 bits per heavy atom. The van der Waals surface area contributed by atoms with Crippen LogP contribution in [0, 0.1) is 6.92 Å². The molecule has 3 N–H and O–H groups in total. The third-order valence-corrected chi connectivity index (χ3v) is 8.24. The van der Waals surface area contributed by atoms with E-state index in [0.29, 0.717) is 6.07 Å². The second-order valence-electron chi connectivity index (χ2n) is 8.21. The van der Waals surface area contributed by atoms with Gasteiger partial charge in [-0.3, -0.25) is 9.59 Å². The zero-order valence-electron chi connectivity index (χ0n) is 21.3. The number of primary amides is 1. The Labute approximate surface area is 230 Å². The minimum absolute atomic E-state index is 0.0269. The van der Waals surface area contributed by atoms with Crippen molar-refractivity contribution in [2.24, 2.45) is 5.73 Å². The number of ether oxygens (including phenoxy) is 2. The number of carbonyl (C=O) groups is 3. The van der Waals surface area contributed by atoms with Gasteiger partial charge < -0.3 is 20.5 Å². The molecule has 3 aromatic rings. The molecule has 0 unspecified atom stereocenters. The number of alkyl halides is 3. The van der Waals surface area contributed by atoms with Crippen molar-refractivity contribution in [3.63, 3.8) is 0 Å². The molecule has 0 aliphatic heterocycles. The molecule has 2 heterocycles. The third-order valence-electron chi connectivity index (χ3n) is 5.49. The molecule has 0 saturated heterocycles. The number of aromatic nitrogens is 2. The van der Waals surface area contributed by atoms with Crippen LogP contribution in [0.2, 0.25) is 0 Å². The zero-order valence-corrected chi connectivity index (χ0v) is 22.9. The zero-order chi connectivity index (χ0) is 29.8. The summed E-state index contributed by atoms with van der Waals surface area (Å²) in [5, 5.41) is 1.33. The van der Waals surface area contributed by atoms with Gasteiger partial charge in [-0.2, -0.15) is 13.2 Å². The van der Waals surface area contributed by atoms with Gasteiger partial charge in [-0.15, -0.1) is 11.3 Å². The van der Waals surface area contributed by atoms with E-state index < -0.39 is 56.8 Å². The van der Waals surface area contributed by atoms with Gasteiger partial charge in [0, 0.05) is 12.0 Å². The Bertz CT molecular complexity index is 1570. The normalized spacial score (nSPS) is 11.7. The van der Waals surface area contributed by atoms with E-state index in [1.165, 1.54) is 32.2 Å². The number of nitrogens with one attached hydrogen (secondary N) is 1. The maximum absolute atomic E-state index is 13.6. The summed E-state index contributed by atoms with van der Waals surface area (Å²) in [6, 6.07) is 6.61. The van der Waals surface area contributed by atoms with Crippen LogP contribution in [0.25, 0.3) is 11.3 Å². The molecule has 0 aliphatic carbocycles. The predicted molar refractivity (Wildman–Crippen MR) is 138 cm³/mol. The number of hydrogen-bond acceptors (Lipinski definition) is 10. The van der Waals surface area contributed by atoms with Crippen LogP contribution in [-0.4, -0.2) is 56.1 Å². The summed E-state index contributed by atoms with van der Waals surface area (Å²) in [4.78, 5) is 43.4. The molecule has 3 rings (SSSR count). The number of esters is 1. The molecule has 11 nitrogen and oxygen atoms in total. The van der Waals surface area contributed by atoms with Crippen LogP contribution in [0.15, 0.2) is 35.5 Å². The lowest BCUT2D eigenvalue weighted by molar-refractivity contribution is -0.141. The summed E-state index contributed by atoms with van der Waals surface area (Å²) < 4.78 is 76.3. The molecule has 2 aromatic heterocycles. The number of para-hydroxylation sites is 1. The van der Waals surface area contributed by atoms with Gasteiger partial charge in [0.1, 0.15) is 21.3 Å². The van der Waals surface area contributed by atoms with Gasteiger partial charge in [0.15, 0.2) is 0 Å². The summed E-state index contributed by atoms with van der Waals surface area (Å²) in [5.41, 5.74) is 3.81. The number of anilines is 1. The smallest absolute Gasteiger partial charge is 0.433 e. The predicted octanol–water partition coefficient (Wildman–Crippen LogP) is 3.62. The average Bonchev–Trinajstić information content (AvgIpc) is 3.22. The van der Waals surface area contributed by atoms with E-state index in [-0.39, 0.29) is 44.4 Å². The summed E-state index contributed by atoms with van der Waals surface area (Å²) in [7, 11) is -2.04. The van der Waals surface area contributed by atoms with Crippen molar-refractivity contribution in [3.8, 4) is 17.0 Å². The van der Waals surface area contributed by atoms with E-state index in [1.807, 2.05) is 0 Å². The first-order chi connectivity index (χ1) is 18.7. The third kappa shape index (κ3) is 6.74. The highest BCUT2D eigenvalue weighted by atomic mass is 32.2. The van der Waals surface area contributed by atoms with Crippen LogP contribution >= 0.6 is 11.3 Å². The number of amides is 2. The van der Waals surface area contributed by atoms with Gasteiger partial charge in [-0.25, -0.2) is 23.2 Å². The topological polar surface area (TPSA) is 168 Å². The van der Waals surface area contributed by atoms with Crippen LogP contribution in [-0.2, 0) is 25.5 Å². The number of rotatable bonds is 10. The lowest BCUT2D eigenvalue weighted by Crippen LogP contribution is -2.19. The van der Waals surface area contributed by atoms with Gasteiger partial charge >= 0.3 is 12.1 Å². The van der Waals surface area contributed by atoms with Crippen LogP contribution in [0.4, 0.5) is 18.2 Å². The highest BCUT2D eigenvalue weighted by Gasteiger charge is 2.36. The molecule has 0 saturated carbocycles. The number of thiophene rings is 1. The highest BCUT2D eigenvalue weighted by Crippen LogP contribution is 2.35. The van der Waals surface area contributed by atoms with Crippen LogP contribution < -0.4 is 15.8 Å². The second-order valence-corrected chi connectivity index (χ2v) is 11.2. The van der Waals surface area contributed by atoms with Crippen LogP contribution in [0.1, 0.15) is 44.1 Å². The Morgan fingerprint density at radius 2 is 1.80 bits per heavy atom. The summed E-state index contributed by atoms with van der Waals surface area (Å²) >= 11 is 0.755. The Hall–Kier alpha value is -4.05. The maximum atomic E-state index is 13.6. The lowest BCUT2D eigenvalue weighted by Gasteiger charge is -2.13. The summed E-state index contributed by atoms with van der Waals surface area (Å²) in [6.07, 6.45) is -5.69. The molecule has 0 aliphatic rings. The quantitative estimate of drug-likeness (QED) is 0.261. The number of nitrogens with two attached hydrogens (primary N) is 1. The second kappa shape index (κ2) is 12.0. The van der Waals surface area contributed by atoms with Gasteiger partial charge in [0.05, 0.1) is 31.2 Å². The van der Waals surface area contributed by atoms with E-state index in [1.54, 1.807) is 6.07 Å². The van der Waals surface area contributed by atoms with Crippen molar-refractivity contribution in [2.45, 2.75) is 31.1 Å². The fourth-order valence-corrected chi connectivity index (χ4v) is 5.92. The molecule has 16 heteroatoms. The molecule has 0 bridgehead atoms. The molecule has 0 atom stereocenters. The van der Waals surface area contributed by atoms with E-state index in [2.05, 4.69) is 20.0 Å². The van der Waals surface area contributed by atoms with Crippen molar-refractivity contribution < 1.29 is 45.4 Å². The fraction of sp³-hybridized carbons (Fsp3) is 0.292. The van der Waals surface area contributed by atoms with Gasteiger partial charge in [-0.1, -0.05) is 12.1 Å². The molecule has 0 spiro atoms. The first-order valence-corrected chi connectivity index (χ1v) is 13.8. The molecule has 2 amide bonds. The number of sulfone groups is 1. The first kappa shape index (κ1) is 30.5. The molecular weight excluding hydrogens is 577 g/mol. The minimum atomic E-state index is -4.97. The van der Waals surface area contributed by atoms with E-state index in [4.69, 9.17) is 10.5 Å². The summed E-state index contributed by atoms with van der Waals surface area (Å²) in [6.45, 7) is 1.44. The number of hydrogen-bond donors (Lipinski definition) is 2. The van der Waals surface area contributed by atoms with Crippen molar-refractivity contribution >= 4 is 44.0 Å².